The summed E-state index contributed by atoms with van der Waals surface area (Å²) in [5.74, 6) is 0. The van der Waals surface area contributed by atoms with E-state index in [0.29, 0.717) is 0 Å². The topological polar surface area (TPSA) is 15.3 Å². The van der Waals surface area contributed by atoms with Crippen molar-refractivity contribution in [1.82, 2.24) is 5.32 Å². The molecule has 4 heteroatoms. The van der Waals surface area contributed by atoms with Crippen LogP contribution in [0.1, 0.15) is 11.1 Å². The van der Waals surface area contributed by atoms with Crippen LogP contribution < -0.4 is 10.2 Å². The fourth-order valence-electron chi connectivity index (χ4n) is 1.93. The number of halogens is 2. The molecule has 0 aliphatic heterocycles. The Hall–Kier alpha value is -1.03. The number of hydrogen-bond acceptors (Lipinski definition) is 2. The molecule has 0 aromatic heterocycles. The van der Waals surface area contributed by atoms with Crippen molar-refractivity contribution in [3.63, 3.8) is 0 Å². The molecule has 2 aromatic rings. The molecule has 0 fully saturated rings. The lowest BCUT2D eigenvalue weighted by Crippen LogP contribution is -2.13. The lowest BCUT2D eigenvalue weighted by molar-refractivity contribution is 0.691. The minimum atomic E-state index is 0.764. The zero-order chi connectivity index (χ0) is 14.5. The zero-order valence-corrected chi connectivity index (χ0v) is 14.0. The van der Waals surface area contributed by atoms with Crippen molar-refractivity contribution in [2.45, 2.75) is 13.1 Å². The van der Waals surface area contributed by atoms with E-state index in [1.54, 1.807) is 0 Å². The summed E-state index contributed by atoms with van der Waals surface area (Å²) in [4.78, 5) is 2.10. The summed E-state index contributed by atoms with van der Waals surface area (Å²) < 4.78 is 1.08. The second-order valence-corrected chi connectivity index (χ2v) is 6.19. The smallest absolute Gasteiger partial charge is 0.0410 e. The van der Waals surface area contributed by atoms with Crippen LogP contribution in [-0.4, -0.2) is 14.1 Å². The molecule has 0 bridgehead atoms. The van der Waals surface area contributed by atoms with Crippen LogP contribution in [0.2, 0.25) is 5.02 Å². The Balaban J connectivity index is 1.91. The zero-order valence-electron chi connectivity index (χ0n) is 11.7. The summed E-state index contributed by atoms with van der Waals surface area (Å²) in [6, 6.07) is 14.4. The quantitative estimate of drug-likeness (QED) is 0.854. The van der Waals surface area contributed by atoms with Gasteiger partial charge in [0.2, 0.25) is 0 Å². The van der Waals surface area contributed by atoms with Gasteiger partial charge in [0.05, 0.1) is 0 Å². The van der Waals surface area contributed by atoms with Crippen LogP contribution in [0.4, 0.5) is 5.69 Å². The van der Waals surface area contributed by atoms with Crippen molar-refractivity contribution >= 4 is 33.2 Å². The number of benzene rings is 2. The summed E-state index contributed by atoms with van der Waals surface area (Å²) in [7, 11) is 4.09. The van der Waals surface area contributed by atoms with Gasteiger partial charge in [-0.05, 0) is 41.5 Å². The molecule has 106 valence electrons. The molecule has 0 saturated heterocycles. The Kier molecular flexibility index (Phi) is 5.46. The van der Waals surface area contributed by atoms with Gasteiger partial charge in [-0.25, -0.2) is 0 Å². The number of nitrogens with one attached hydrogen (secondary N) is 1. The van der Waals surface area contributed by atoms with Gasteiger partial charge >= 0.3 is 0 Å². The van der Waals surface area contributed by atoms with Crippen molar-refractivity contribution in [1.29, 1.82) is 0 Å². The first-order valence-electron chi connectivity index (χ1n) is 6.47. The summed E-state index contributed by atoms with van der Waals surface area (Å²) >= 11 is 9.54. The minimum Gasteiger partial charge on any atom is -0.378 e. The van der Waals surface area contributed by atoms with Gasteiger partial charge in [-0.1, -0.05) is 39.7 Å². The second kappa shape index (κ2) is 7.11. The Morgan fingerprint density at radius 1 is 1.05 bits per heavy atom. The molecule has 0 radical (unpaired) electrons. The largest absolute Gasteiger partial charge is 0.378 e. The van der Waals surface area contributed by atoms with E-state index in [4.69, 9.17) is 11.6 Å². The molecule has 0 heterocycles. The Morgan fingerprint density at radius 3 is 2.40 bits per heavy atom. The number of nitrogens with zero attached hydrogens (tertiary/aromatic N) is 1. The predicted octanol–water partition coefficient (Wildman–Crippen LogP) is 4.46. The Morgan fingerprint density at radius 2 is 1.75 bits per heavy atom. The van der Waals surface area contributed by atoms with E-state index < -0.39 is 0 Å². The highest BCUT2D eigenvalue weighted by molar-refractivity contribution is 9.10. The van der Waals surface area contributed by atoms with Crippen molar-refractivity contribution in [2.24, 2.45) is 0 Å². The molecule has 0 atom stereocenters. The molecule has 1 N–H and O–H groups in total. The lowest BCUT2D eigenvalue weighted by atomic mass is 10.2. The Labute approximate surface area is 133 Å². The van der Waals surface area contributed by atoms with Gasteiger partial charge in [-0.15, -0.1) is 0 Å². The van der Waals surface area contributed by atoms with Crippen molar-refractivity contribution in [2.75, 3.05) is 19.0 Å². The predicted molar refractivity (Wildman–Crippen MR) is 90.5 cm³/mol. The van der Waals surface area contributed by atoms with Gasteiger partial charge < -0.3 is 10.2 Å². The van der Waals surface area contributed by atoms with Gasteiger partial charge in [0.15, 0.2) is 0 Å². The summed E-state index contributed by atoms with van der Waals surface area (Å²) in [6.07, 6.45) is 0. The first kappa shape index (κ1) is 15.4. The molecule has 0 unspecified atom stereocenters. The Bertz CT molecular complexity index is 567. The van der Waals surface area contributed by atoms with E-state index in [0.717, 1.165) is 22.6 Å². The number of rotatable bonds is 5. The summed E-state index contributed by atoms with van der Waals surface area (Å²) in [6.45, 7) is 1.63. The lowest BCUT2D eigenvalue weighted by Gasteiger charge is -2.13. The number of anilines is 1. The first-order valence-corrected chi connectivity index (χ1v) is 7.64. The highest BCUT2D eigenvalue weighted by Crippen LogP contribution is 2.21. The van der Waals surface area contributed by atoms with Crippen molar-refractivity contribution < 1.29 is 0 Å². The molecular weight excluding hydrogens is 336 g/mol. The van der Waals surface area contributed by atoms with E-state index in [-0.39, 0.29) is 0 Å². The van der Waals surface area contributed by atoms with Gasteiger partial charge in [0.25, 0.3) is 0 Å². The van der Waals surface area contributed by atoms with Crippen LogP contribution in [0.25, 0.3) is 0 Å². The highest BCUT2D eigenvalue weighted by atomic mass is 79.9. The van der Waals surface area contributed by atoms with Gasteiger partial charge in [-0.2, -0.15) is 0 Å². The number of hydrogen-bond donors (Lipinski definition) is 1. The third kappa shape index (κ3) is 4.23. The second-order valence-electron chi connectivity index (χ2n) is 4.90. The molecule has 0 aliphatic carbocycles. The fourth-order valence-corrected chi connectivity index (χ4v) is 2.51. The molecule has 20 heavy (non-hydrogen) atoms. The standard InChI is InChI=1S/C16H18BrClN2/c1-20(2)15-6-3-12(4-7-15)10-19-11-13-9-14(18)5-8-16(13)17/h3-9,19H,10-11H2,1-2H3. The average Bonchev–Trinajstić information content (AvgIpc) is 2.43. The van der Waals surface area contributed by atoms with Crippen LogP contribution in [0, 0.1) is 0 Å². The third-order valence-electron chi connectivity index (χ3n) is 3.11. The molecule has 0 aliphatic rings. The van der Waals surface area contributed by atoms with Crippen molar-refractivity contribution in [3.8, 4) is 0 Å². The molecule has 2 rings (SSSR count). The third-order valence-corrected chi connectivity index (χ3v) is 4.11. The molecule has 0 saturated carbocycles. The van der Waals surface area contributed by atoms with E-state index in [1.165, 1.54) is 16.8 Å². The molecular formula is C16H18BrClN2. The van der Waals surface area contributed by atoms with Gasteiger partial charge in [0.1, 0.15) is 0 Å². The van der Waals surface area contributed by atoms with E-state index in [2.05, 4.69) is 50.4 Å². The maximum atomic E-state index is 6.01. The molecule has 2 aromatic carbocycles. The van der Waals surface area contributed by atoms with Crippen LogP contribution in [0.15, 0.2) is 46.9 Å². The molecule has 2 nitrogen and oxygen atoms in total. The van der Waals surface area contributed by atoms with Crippen LogP contribution in [0.5, 0.6) is 0 Å². The van der Waals surface area contributed by atoms with E-state index in [1.807, 2.05) is 32.3 Å². The monoisotopic (exact) mass is 352 g/mol. The van der Waals surface area contributed by atoms with E-state index in [9.17, 15) is 0 Å². The summed E-state index contributed by atoms with van der Waals surface area (Å²) in [5.41, 5.74) is 3.66. The maximum Gasteiger partial charge on any atom is 0.0410 e. The normalized spacial score (nSPS) is 10.6. The maximum absolute atomic E-state index is 6.01. The summed E-state index contributed by atoms with van der Waals surface area (Å²) in [5, 5.41) is 4.20. The molecule has 0 amide bonds. The SMILES string of the molecule is CN(C)c1ccc(CNCc2cc(Cl)ccc2Br)cc1. The first-order chi connectivity index (χ1) is 9.56. The van der Waals surface area contributed by atoms with Gasteiger partial charge in [-0.3, -0.25) is 0 Å². The fraction of sp³-hybridized carbons (Fsp3) is 0.250. The van der Waals surface area contributed by atoms with E-state index >= 15 is 0 Å². The van der Waals surface area contributed by atoms with Crippen LogP contribution in [0.3, 0.4) is 0 Å². The highest BCUT2D eigenvalue weighted by Gasteiger charge is 2.01. The molecule has 0 spiro atoms. The van der Waals surface area contributed by atoms with Gasteiger partial charge in [0, 0.05) is 42.4 Å². The van der Waals surface area contributed by atoms with Crippen molar-refractivity contribution in [3.05, 3.63) is 63.1 Å². The van der Waals surface area contributed by atoms with Crippen LogP contribution in [-0.2, 0) is 13.1 Å². The van der Waals surface area contributed by atoms with Crippen LogP contribution >= 0.6 is 27.5 Å². The average molecular weight is 354 g/mol. The minimum absolute atomic E-state index is 0.764.